The molecule has 2 heterocycles. The van der Waals surface area contributed by atoms with Crippen molar-refractivity contribution in [2.45, 2.75) is 47.5 Å². The molecule has 1 amide bonds. The average molecular weight is 399 g/mol. The molecule has 0 radical (unpaired) electrons. The van der Waals surface area contributed by atoms with Crippen molar-refractivity contribution in [3.8, 4) is 5.75 Å². The molecule has 0 atom stereocenters. The van der Waals surface area contributed by atoms with E-state index in [1.54, 1.807) is 7.11 Å². The first-order chi connectivity index (χ1) is 13.7. The summed E-state index contributed by atoms with van der Waals surface area (Å²) in [7, 11) is 1.66. The molecular formula is C21H30N6O2. The number of unbranched alkanes of at least 4 members (excludes halogenated alkanes) is 1. The summed E-state index contributed by atoms with van der Waals surface area (Å²) in [4.78, 5) is 16.7. The van der Waals surface area contributed by atoms with Crippen molar-refractivity contribution in [3.63, 3.8) is 0 Å². The van der Waals surface area contributed by atoms with Crippen LogP contribution in [0.25, 0.3) is 16.7 Å². The number of hydrogen-bond donors (Lipinski definition) is 2. The zero-order chi connectivity index (χ0) is 21.2. The molecule has 0 saturated heterocycles. The summed E-state index contributed by atoms with van der Waals surface area (Å²) in [5.41, 5.74) is 3.06. The van der Waals surface area contributed by atoms with Crippen LogP contribution in [-0.4, -0.2) is 45.7 Å². The van der Waals surface area contributed by atoms with E-state index in [9.17, 15) is 4.79 Å². The number of carbonyl (C=O) groups is 1. The van der Waals surface area contributed by atoms with E-state index in [4.69, 9.17) is 9.72 Å². The fraction of sp³-hybridized carbons (Fsp3) is 0.524. The summed E-state index contributed by atoms with van der Waals surface area (Å²) in [5.74, 6) is 2.31. The summed E-state index contributed by atoms with van der Waals surface area (Å²) < 4.78 is 7.60. The maximum atomic E-state index is 11.9. The Morgan fingerprint density at radius 2 is 1.86 bits per heavy atom. The molecule has 1 aromatic carbocycles. The van der Waals surface area contributed by atoms with Gasteiger partial charge in [-0.1, -0.05) is 26.8 Å². The lowest BCUT2D eigenvalue weighted by molar-refractivity contribution is -0.128. The van der Waals surface area contributed by atoms with E-state index in [0.717, 1.165) is 47.6 Å². The average Bonchev–Trinajstić information content (AvgIpc) is 3.05. The quantitative estimate of drug-likeness (QED) is 0.594. The zero-order valence-electron chi connectivity index (χ0n) is 18.1. The number of fused-ring (bicyclic) bond motifs is 3. The van der Waals surface area contributed by atoms with Gasteiger partial charge in [-0.25, -0.2) is 4.98 Å². The third-order valence-electron chi connectivity index (χ3n) is 4.88. The van der Waals surface area contributed by atoms with Gasteiger partial charge >= 0.3 is 0 Å². The molecule has 0 spiro atoms. The fourth-order valence-corrected chi connectivity index (χ4v) is 3.22. The molecule has 0 unspecified atom stereocenters. The second-order valence-corrected chi connectivity index (χ2v) is 8.29. The minimum Gasteiger partial charge on any atom is -0.494 e. The highest BCUT2D eigenvalue weighted by Gasteiger charge is 2.20. The normalized spacial score (nSPS) is 11.8. The van der Waals surface area contributed by atoms with Crippen molar-refractivity contribution >= 4 is 28.4 Å². The van der Waals surface area contributed by atoms with Gasteiger partial charge in [0, 0.05) is 18.5 Å². The summed E-state index contributed by atoms with van der Waals surface area (Å²) in [6, 6.07) is 4.03. The minimum atomic E-state index is -0.360. The van der Waals surface area contributed by atoms with E-state index in [2.05, 4.69) is 20.8 Å². The van der Waals surface area contributed by atoms with E-state index in [-0.39, 0.29) is 11.3 Å². The number of benzene rings is 1. The van der Waals surface area contributed by atoms with Crippen LogP contribution in [-0.2, 0) is 4.79 Å². The number of methoxy groups -OCH3 is 1. The Balaban J connectivity index is 1.75. The molecular weight excluding hydrogens is 368 g/mol. The first kappa shape index (κ1) is 20.8. The fourth-order valence-electron chi connectivity index (χ4n) is 3.22. The number of ether oxygens (including phenoxy) is 1. The van der Waals surface area contributed by atoms with E-state index >= 15 is 0 Å². The van der Waals surface area contributed by atoms with Crippen molar-refractivity contribution in [3.05, 3.63) is 23.5 Å². The van der Waals surface area contributed by atoms with Crippen LogP contribution in [0.5, 0.6) is 5.75 Å². The highest BCUT2D eigenvalue weighted by molar-refractivity contribution is 5.88. The number of amides is 1. The number of rotatable bonds is 7. The Morgan fingerprint density at radius 1 is 1.14 bits per heavy atom. The first-order valence-corrected chi connectivity index (χ1v) is 9.95. The third-order valence-corrected chi connectivity index (χ3v) is 4.88. The van der Waals surface area contributed by atoms with Crippen LogP contribution in [0.4, 0.5) is 5.82 Å². The number of nitrogens with zero attached hydrogens (tertiary/aromatic N) is 4. The van der Waals surface area contributed by atoms with E-state index < -0.39 is 0 Å². The molecule has 8 heteroatoms. The number of hydrogen-bond acceptors (Lipinski definition) is 6. The van der Waals surface area contributed by atoms with Crippen molar-refractivity contribution in [1.29, 1.82) is 0 Å². The highest BCUT2D eigenvalue weighted by Crippen LogP contribution is 2.31. The molecule has 0 aliphatic heterocycles. The maximum absolute atomic E-state index is 11.9. The Labute approximate surface area is 171 Å². The Morgan fingerprint density at radius 3 is 2.55 bits per heavy atom. The van der Waals surface area contributed by atoms with Crippen LogP contribution < -0.4 is 15.4 Å². The maximum Gasteiger partial charge on any atom is 0.225 e. The monoisotopic (exact) mass is 398 g/mol. The van der Waals surface area contributed by atoms with Gasteiger partial charge in [0.25, 0.3) is 0 Å². The molecule has 0 fully saturated rings. The van der Waals surface area contributed by atoms with Gasteiger partial charge in [0.2, 0.25) is 11.6 Å². The number of aryl methyl sites for hydroxylation is 2. The lowest BCUT2D eigenvalue weighted by atomic mass is 9.96. The van der Waals surface area contributed by atoms with E-state index in [0.29, 0.717) is 18.0 Å². The summed E-state index contributed by atoms with van der Waals surface area (Å²) in [6.45, 7) is 11.1. The largest absolute Gasteiger partial charge is 0.494 e. The summed E-state index contributed by atoms with van der Waals surface area (Å²) >= 11 is 0. The van der Waals surface area contributed by atoms with E-state index in [1.807, 2.05) is 51.2 Å². The molecule has 3 aromatic rings. The van der Waals surface area contributed by atoms with Gasteiger partial charge in [-0.2, -0.15) is 0 Å². The molecule has 0 aliphatic carbocycles. The third kappa shape index (κ3) is 4.26. The van der Waals surface area contributed by atoms with Crippen molar-refractivity contribution in [2.75, 3.05) is 25.5 Å². The lowest BCUT2D eigenvalue weighted by Crippen LogP contribution is -2.35. The number of aromatic nitrogens is 4. The van der Waals surface area contributed by atoms with Gasteiger partial charge in [-0.3, -0.25) is 9.20 Å². The van der Waals surface area contributed by atoms with Crippen LogP contribution in [0.3, 0.4) is 0 Å². The molecule has 156 valence electrons. The predicted octanol–water partition coefficient (Wildman–Crippen LogP) is 3.26. The SMILES string of the molecule is COc1c(C)ccc2c1nc(NCCCCNC(=O)C(C)(C)C)c1nnc(C)n12. The Kier molecular flexibility index (Phi) is 5.91. The van der Waals surface area contributed by atoms with Crippen molar-refractivity contribution in [2.24, 2.45) is 5.41 Å². The molecule has 3 rings (SSSR count). The van der Waals surface area contributed by atoms with Crippen LogP contribution in [0.2, 0.25) is 0 Å². The molecule has 29 heavy (non-hydrogen) atoms. The summed E-state index contributed by atoms with van der Waals surface area (Å²) in [6.07, 6.45) is 1.78. The van der Waals surface area contributed by atoms with Crippen LogP contribution in [0.1, 0.15) is 45.0 Å². The molecule has 2 N–H and O–H groups in total. The van der Waals surface area contributed by atoms with Gasteiger partial charge in [-0.15, -0.1) is 10.2 Å². The molecule has 2 aromatic heterocycles. The van der Waals surface area contributed by atoms with Crippen molar-refractivity contribution in [1.82, 2.24) is 24.9 Å². The number of nitrogens with one attached hydrogen (secondary N) is 2. The Bertz CT molecular complexity index is 1040. The second-order valence-electron chi connectivity index (χ2n) is 8.29. The zero-order valence-corrected chi connectivity index (χ0v) is 18.1. The second kappa shape index (κ2) is 8.23. The van der Waals surface area contributed by atoms with Crippen LogP contribution in [0, 0.1) is 19.3 Å². The highest BCUT2D eigenvalue weighted by atomic mass is 16.5. The predicted molar refractivity (Wildman–Crippen MR) is 115 cm³/mol. The Hall–Kier alpha value is -2.90. The van der Waals surface area contributed by atoms with Crippen LogP contribution >= 0.6 is 0 Å². The minimum absolute atomic E-state index is 0.0739. The summed E-state index contributed by atoms with van der Waals surface area (Å²) in [5, 5.41) is 14.9. The molecule has 0 saturated carbocycles. The van der Waals surface area contributed by atoms with Crippen LogP contribution in [0.15, 0.2) is 12.1 Å². The molecule has 0 aliphatic rings. The molecule has 0 bridgehead atoms. The van der Waals surface area contributed by atoms with Gasteiger partial charge in [0.1, 0.15) is 17.1 Å². The lowest BCUT2D eigenvalue weighted by Gasteiger charge is -2.17. The van der Waals surface area contributed by atoms with E-state index in [1.165, 1.54) is 0 Å². The topological polar surface area (TPSA) is 93.4 Å². The van der Waals surface area contributed by atoms with Gasteiger partial charge in [0.15, 0.2) is 5.82 Å². The smallest absolute Gasteiger partial charge is 0.225 e. The van der Waals surface area contributed by atoms with Gasteiger partial charge in [0.05, 0.1) is 12.6 Å². The number of anilines is 1. The van der Waals surface area contributed by atoms with Gasteiger partial charge in [-0.05, 0) is 38.3 Å². The standard InChI is InChI=1S/C21H30N6O2/c1-13-9-10-15-16(17(13)29-6)24-18(19-26-25-14(2)27(15)19)22-11-7-8-12-23-20(28)21(3,4)5/h9-10H,7-8,11-12H2,1-6H3,(H,22,24)(H,23,28). The first-order valence-electron chi connectivity index (χ1n) is 9.95. The molecule has 8 nitrogen and oxygen atoms in total. The van der Waals surface area contributed by atoms with Gasteiger partial charge < -0.3 is 15.4 Å². The van der Waals surface area contributed by atoms with Crippen molar-refractivity contribution < 1.29 is 9.53 Å². The number of carbonyl (C=O) groups excluding carboxylic acids is 1.